The van der Waals surface area contributed by atoms with E-state index < -0.39 is 24.3 Å². The van der Waals surface area contributed by atoms with E-state index in [9.17, 15) is 19.2 Å². The van der Waals surface area contributed by atoms with E-state index in [0.717, 1.165) is 71.0 Å². The van der Waals surface area contributed by atoms with E-state index in [1.54, 1.807) is 22.2 Å². The number of ether oxygens (including phenoxy) is 2. The fourth-order valence-corrected chi connectivity index (χ4v) is 7.38. The maximum atomic E-state index is 13.5. The van der Waals surface area contributed by atoms with Gasteiger partial charge in [-0.25, -0.2) is 19.6 Å². The molecular weight excluding hydrogens is 688 g/mol. The Labute approximate surface area is 315 Å². The lowest BCUT2D eigenvalue weighted by Gasteiger charge is -2.30. The summed E-state index contributed by atoms with van der Waals surface area (Å²) in [5.41, 5.74) is 5.78. The zero-order valence-corrected chi connectivity index (χ0v) is 31.7. The van der Waals surface area contributed by atoms with Gasteiger partial charge in [-0.3, -0.25) is 9.59 Å². The number of aromatic amines is 2. The molecule has 2 aliphatic rings. The summed E-state index contributed by atoms with van der Waals surface area (Å²) in [6, 6.07) is 14.7. The number of likely N-dealkylation sites (tertiary alicyclic amines) is 2. The van der Waals surface area contributed by atoms with E-state index in [2.05, 4.69) is 54.8 Å². The van der Waals surface area contributed by atoms with Gasteiger partial charge in [0.05, 0.1) is 50.1 Å². The highest BCUT2D eigenvalue weighted by Gasteiger charge is 2.39. The van der Waals surface area contributed by atoms with Gasteiger partial charge in [0.1, 0.15) is 23.7 Å². The van der Waals surface area contributed by atoms with Gasteiger partial charge in [0.15, 0.2) is 0 Å². The van der Waals surface area contributed by atoms with Crippen molar-refractivity contribution in [2.24, 2.45) is 11.8 Å². The van der Waals surface area contributed by atoms with Gasteiger partial charge >= 0.3 is 12.2 Å². The average molecular weight is 739 g/mol. The first-order chi connectivity index (χ1) is 26.0. The van der Waals surface area contributed by atoms with Crippen LogP contribution in [0, 0.1) is 11.8 Å². The van der Waals surface area contributed by atoms with Crippen LogP contribution in [0.1, 0.15) is 77.1 Å². The third kappa shape index (κ3) is 8.12. The lowest BCUT2D eigenvalue weighted by molar-refractivity contribution is -0.136. The molecule has 0 unspecified atom stereocenters. The van der Waals surface area contributed by atoms with Crippen LogP contribution in [0.15, 0.2) is 60.9 Å². The number of aromatic nitrogens is 4. The Morgan fingerprint density at radius 2 is 0.981 bits per heavy atom. The first-order valence-corrected chi connectivity index (χ1v) is 18.6. The van der Waals surface area contributed by atoms with Crippen molar-refractivity contribution in [3.05, 3.63) is 72.6 Å². The third-order valence-electron chi connectivity index (χ3n) is 10.4. The summed E-state index contributed by atoms with van der Waals surface area (Å²) >= 11 is 0. The second kappa shape index (κ2) is 16.6. The Bertz CT molecular complexity index is 1800. The second-order valence-electron chi connectivity index (χ2n) is 14.6. The highest BCUT2D eigenvalue weighted by Crippen LogP contribution is 2.35. The molecule has 0 radical (unpaired) electrons. The number of H-pyrrole nitrogens is 2. The molecule has 54 heavy (non-hydrogen) atoms. The number of imidazole rings is 2. The predicted octanol–water partition coefficient (Wildman–Crippen LogP) is 6.22. The van der Waals surface area contributed by atoms with Crippen LogP contribution in [0.2, 0.25) is 0 Å². The average Bonchev–Trinajstić information content (AvgIpc) is 4.02. The van der Waals surface area contributed by atoms with Crippen molar-refractivity contribution < 1.29 is 28.7 Å². The van der Waals surface area contributed by atoms with Crippen LogP contribution in [0.5, 0.6) is 0 Å². The summed E-state index contributed by atoms with van der Waals surface area (Å²) < 4.78 is 9.50. The summed E-state index contributed by atoms with van der Waals surface area (Å²) in [6.45, 7) is 8.78. The Morgan fingerprint density at radius 1 is 0.630 bits per heavy atom. The van der Waals surface area contributed by atoms with Gasteiger partial charge in [-0.1, -0.05) is 76.2 Å². The molecule has 2 fully saturated rings. The fraction of sp³-hybridized carbons (Fsp3) is 0.450. The van der Waals surface area contributed by atoms with Crippen molar-refractivity contribution in [1.82, 2.24) is 40.4 Å². The second-order valence-corrected chi connectivity index (χ2v) is 14.6. The van der Waals surface area contributed by atoms with Crippen LogP contribution in [0.3, 0.4) is 0 Å². The van der Waals surface area contributed by atoms with Crippen LogP contribution in [0.4, 0.5) is 9.59 Å². The number of amides is 4. The molecule has 2 aromatic heterocycles. The van der Waals surface area contributed by atoms with Crippen LogP contribution in [0.25, 0.3) is 33.6 Å². The number of nitrogens with one attached hydrogen (secondary N) is 4. The van der Waals surface area contributed by atoms with Gasteiger partial charge in [-0.15, -0.1) is 0 Å². The van der Waals surface area contributed by atoms with Crippen LogP contribution < -0.4 is 10.6 Å². The highest BCUT2D eigenvalue weighted by molar-refractivity contribution is 5.87. The number of methoxy groups -OCH3 is 2. The van der Waals surface area contributed by atoms with Crippen LogP contribution in [-0.2, 0) is 19.1 Å². The zero-order chi connectivity index (χ0) is 38.5. The van der Waals surface area contributed by atoms with E-state index in [1.807, 2.05) is 52.0 Å². The third-order valence-corrected chi connectivity index (χ3v) is 10.4. The number of hydrogen-bond donors (Lipinski definition) is 4. The van der Waals surface area contributed by atoms with Gasteiger partial charge in [0, 0.05) is 13.1 Å². The first kappa shape index (κ1) is 38.1. The molecule has 4 aromatic rings. The SMILES string of the molecule is COC(=O)N[C@H](C(=O)N1CCC[C@@H]1c1ncc(-c2ccc(-c3ccc(-c4cnc([C@@H]5CCCN5C(=O)[C@@H](NC(=O)OC)C(C)C)[nH]4)cc3)cc2)[nH]1)C(C)C. The minimum absolute atomic E-state index is 0.104. The lowest BCUT2D eigenvalue weighted by Crippen LogP contribution is -2.51. The minimum atomic E-state index is -0.687. The number of benzene rings is 2. The van der Waals surface area contributed by atoms with E-state index in [4.69, 9.17) is 9.47 Å². The Hall–Kier alpha value is -5.66. The number of carbonyl (C=O) groups excluding carboxylic acids is 4. The molecule has 0 saturated carbocycles. The molecule has 0 aliphatic carbocycles. The summed E-state index contributed by atoms with van der Waals surface area (Å²) in [4.78, 5) is 70.7. The van der Waals surface area contributed by atoms with Gasteiger partial charge in [-0.2, -0.15) is 0 Å². The van der Waals surface area contributed by atoms with Crippen LogP contribution in [-0.4, -0.2) is 93.1 Å². The predicted molar refractivity (Wildman–Crippen MR) is 203 cm³/mol. The van der Waals surface area contributed by atoms with Gasteiger partial charge in [0.25, 0.3) is 0 Å². The van der Waals surface area contributed by atoms with Crippen molar-refractivity contribution in [3.63, 3.8) is 0 Å². The maximum Gasteiger partial charge on any atom is 0.407 e. The standard InChI is InChI=1S/C40H50N8O6/c1-23(2)33(45-39(51)53-5)37(49)47-19-7-9-31(47)35-41-21-29(43-35)27-15-11-25(12-16-27)26-13-17-28(18-14-26)30-22-42-36(44-30)32-10-8-20-48(32)38(50)34(24(3)4)46-40(52)54-6/h11-18,21-24,31-34H,7-10,19-20H2,1-6H3,(H,41,43)(H,42,44)(H,45,51)(H,46,52)/t31-,32+,33-,34-/m0/s1. The molecule has 2 aliphatic heterocycles. The van der Waals surface area contributed by atoms with E-state index in [0.29, 0.717) is 13.1 Å². The quantitative estimate of drug-likeness (QED) is 0.140. The zero-order valence-electron chi connectivity index (χ0n) is 31.7. The van der Waals surface area contributed by atoms with Crippen molar-refractivity contribution in [2.45, 2.75) is 77.5 Å². The molecule has 6 rings (SSSR count). The number of nitrogens with zero attached hydrogens (tertiary/aromatic N) is 4. The summed E-state index contributed by atoms with van der Waals surface area (Å²) in [6.07, 6.45) is 5.61. The van der Waals surface area contributed by atoms with E-state index in [-0.39, 0.29) is 35.7 Å². The number of rotatable bonds is 11. The summed E-state index contributed by atoms with van der Waals surface area (Å²) in [5, 5.41) is 5.38. The number of hydrogen-bond acceptors (Lipinski definition) is 8. The van der Waals surface area contributed by atoms with Gasteiger partial charge in [0.2, 0.25) is 11.8 Å². The van der Waals surface area contributed by atoms with Crippen molar-refractivity contribution in [1.29, 1.82) is 0 Å². The smallest absolute Gasteiger partial charge is 0.407 e. The number of carbonyl (C=O) groups is 4. The molecule has 4 N–H and O–H groups in total. The molecule has 4 heterocycles. The van der Waals surface area contributed by atoms with Crippen molar-refractivity contribution >= 4 is 24.0 Å². The van der Waals surface area contributed by atoms with E-state index >= 15 is 0 Å². The van der Waals surface area contributed by atoms with Crippen molar-refractivity contribution in [3.8, 4) is 33.6 Å². The summed E-state index contributed by atoms with van der Waals surface area (Å²) in [7, 11) is 2.58. The molecule has 0 bridgehead atoms. The Morgan fingerprint density at radius 3 is 1.31 bits per heavy atom. The van der Waals surface area contributed by atoms with Gasteiger partial charge in [-0.05, 0) is 59.8 Å². The molecule has 14 nitrogen and oxygen atoms in total. The molecule has 14 heteroatoms. The first-order valence-electron chi connectivity index (χ1n) is 18.6. The van der Waals surface area contributed by atoms with Gasteiger partial charge < -0.3 is 39.9 Å². The Kier molecular flexibility index (Phi) is 11.7. The minimum Gasteiger partial charge on any atom is -0.453 e. The normalized spacial score (nSPS) is 18.1. The molecule has 4 amide bonds. The van der Waals surface area contributed by atoms with Crippen LogP contribution >= 0.6 is 0 Å². The molecule has 2 aromatic carbocycles. The fourth-order valence-electron chi connectivity index (χ4n) is 7.38. The summed E-state index contributed by atoms with van der Waals surface area (Å²) in [5.74, 6) is 0.955. The van der Waals surface area contributed by atoms with Crippen molar-refractivity contribution in [2.75, 3.05) is 27.3 Å². The topological polar surface area (TPSA) is 175 Å². The molecule has 286 valence electrons. The molecule has 0 spiro atoms. The number of alkyl carbamates (subject to hydrolysis) is 2. The highest BCUT2D eigenvalue weighted by atomic mass is 16.5. The maximum absolute atomic E-state index is 13.5. The molecule has 4 atom stereocenters. The van der Waals surface area contributed by atoms with E-state index in [1.165, 1.54) is 14.2 Å². The monoisotopic (exact) mass is 738 g/mol. The largest absolute Gasteiger partial charge is 0.453 e. The molecule has 2 saturated heterocycles. The lowest BCUT2D eigenvalue weighted by atomic mass is 10.0. The Balaban J connectivity index is 1.11. The molecular formula is C40H50N8O6.